The lowest BCUT2D eigenvalue weighted by atomic mass is 10.2. The Kier molecular flexibility index (Phi) is 8.29. The van der Waals surface area contributed by atoms with Crippen molar-refractivity contribution in [2.75, 3.05) is 19.5 Å². The molecule has 1 aromatic rings. The number of carbonyl (C=O) groups is 1. The second kappa shape index (κ2) is 9.77. The van der Waals surface area contributed by atoms with Crippen LogP contribution in [0, 0.1) is 0 Å². The minimum absolute atomic E-state index is 0.0218. The normalized spacial score (nSPS) is 10.9. The molecule has 6 nitrogen and oxygen atoms in total. The standard InChI is InChI=1S/C13H23N3O3S/c1-3-7-11-14-15-13(20-10-12(17)18)16(11)8-5-4-6-9-19-2/h3-10H2,1-2H3,(H,17,18). The predicted octanol–water partition coefficient (Wildman–Crippen LogP) is 2.22. The highest BCUT2D eigenvalue weighted by molar-refractivity contribution is 7.99. The number of carboxylic acids is 1. The minimum Gasteiger partial charge on any atom is -0.481 e. The molecule has 1 rings (SSSR count). The summed E-state index contributed by atoms with van der Waals surface area (Å²) in [6, 6.07) is 0. The van der Waals surface area contributed by atoms with Crippen LogP contribution in [-0.2, 0) is 22.5 Å². The third-order valence-electron chi connectivity index (χ3n) is 2.82. The van der Waals surface area contributed by atoms with Crippen LogP contribution in [0.5, 0.6) is 0 Å². The van der Waals surface area contributed by atoms with E-state index in [0.717, 1.165) is 51.1 Å². The average molecular weight is 301 g/mol. The van der Waals surface area contributed by atoms with E-state index in [1.165, 1.54) is 11.8 Å². The Balaban J connectivity index is 2.57. The number of thioether (sulfide) groups is 1. The number of methoxy groups -OCH3 is 1. The molecule has 20 heavy (non-hydrogen) atoms. The van der Waals surface area contributed by atoms with Gasteiger partial charge < -0.3 is 14.4 Å². The number of aliphatic carboxylic acids is 1. The molecular weight excluding hydrogens is 278 g/mol. The van der Waals surface area contributed by atoms with Crippen molar-refractivity contribution in [2.45, 2.75) is 50.7 Å². The number of nitrogens with zero attached hydrogens (tertiary/aromatic N) is 3. The molecule has 0 atom stereocenters. The van der Waals surface area contributed by atoms with E-state index in [4.69, 9.17) is 9.84 Å². The Morgan fingerprint density at radius 2 is 2.15 bits per heavy atom. The summed E-state index contributed by atoms with van der Waals surface area (Å²) in [5.74, 6) is 0.141. The maximum Gasteiger partial charge on any atom is 0.313 e. The molecule has 0 spiro atoms. The lowest BCUT2D eigenvalue weighted by Crippen LogP contribution is -2.07. The fourth-order valence-corrected chi connectivity index (χ4v) is 2.58. The molecule has 0 aliphatic carbocycles. The molecular formula is C13H23N3O3S. The molecule has 1 heterocycles. The van der Waals surface area contributed by atoms with Gasteiger partial charge in [0, 0.05) is 26.7 Å². The third kappa shape index (κ3) is 5.92. The van der Waals surface area contributed by atoms with Crippen LogP contribution in [0.2, 0.25) is 0 Å². The maximum atomic E-state index is 10.7. The second-order valence-corrected chi connectivity index (χ2v) is 5.48. The van der Waals surface area contributed by atoms with Gasteiger partial charge in [0.25, 0.3) is 0 Å². The molecule has 0 aliphatic rings. The summed E-state index contributed by atoms with van der Waals surface area (Å²) in [6.45, 7) is 3.72. The zero-order valence-corrected chi connectivity index (χ0v) is 13.0. The summed E-state index contributed by atoms with van der Waals surface area (Å²) >= 11 is 1.24. The highest BCUT2D eigenvalue weighted by Crippen LogP contribution is 2.18. The van der Waals surface area contributed by atoms with Crippen molar-refractivity contribution >= 4 is 17.7 Å². The van der Waals surface area contributed by atoms with Crippen LogP contribution in [0.25, 0.3) is 0 Å². The predicted molar refractivity (Wildman–Crippen MR) is 78.1 cm³/mol. The van der Waals surface area contributed by atoms with E-state index in [0.29, 0.717) is 5.16 Å². The second-order valence-electron chi connectivity index (χ2n) is 4.54. The summed E-state index contributed by atoms with van der Waals surface area (Å²) < 4.78 is 7.09. The Labute approximate surface area is 123 Å². The quantitative estimate of drug-likeness (QED) is 0.499. The van der Waals surface area contributed by atoms with E-state index < -0.39 is 5.97 Å². The van der Waals surface area contributed by atoms with Crippen molar-refractivity contribution in [2.24, 2.45) is 0 Å². The molecule has 1 N–H and O–H groups in total. The molecule has 0 unspecified atom stereocenters. The molecule has 0 aromatic carbocycles. The van der Waals surface area contributed by atoms with Crippen LogP contribution in [0.1, 0.15) is 38.4 Å². The Bertz CT molecular complexity index is 410. The summed E-state index contributed by atoms with van der Waals surface area (Å²) in [7, 11) is 1.71. The summed E-state index contributed by atoms with van der Waals surface area (Å²) in [5.41, 5.74) is 0. The van der Waals surface area contributed by atoms with Crippen molar-refractivity contribution < 1.29 is 14.6 Å². The molecule has 0 saturated carbocycles. The first kappa shape index (κ1) is 17.0. The van der Waals surface area contributed by atoms with Gasteiger partial charge in [0.1, 0.15) is 5.82 Å². The number of unbranched alkanes of at least 4 members (excludes halogenated alkanes) is 2. The van der Waals surface area contributed by atoms with Gasteiger partial charge in [-0.2, -0.15) is 0 Å². The number of rotatable bonds is 11. The zero-order chi connectivity index (χ0) is 14.8. The fraction of sp³-hybridized carbons (Fsp3) is 0.769. The summed E-state index contributed by atoms with van der Waals surface area (Å²) in [4.78, 5) is 10.7. The number of hydrogen-bond donors (Lipinski definition) is 1. The van der Waals surface area contributed by atoms with Gasteiger partial charge in [-0.1, -0.05) is 18.7 Å². The van der Waals surface area contributed by atoms with Gasteiger partial charge in [0.2, 0.25) is 0 Å². The van der Waals surface area contributed by atoms with E-state index in [1.54, 1.807) is 7.11 Å². The van der Waals surface area contributed by atoms with Gasteiger partial charge in [0.15, 0.2) is 5.16 Å². The highest BCUT2D eigenvalue weighted by atomic mass is 32.2. The summed E-state index contributed by atoms with van der Waals surface area (Å²) in [6.07, 6.45) is 5.03. The molecule has 0 aliphatic heterocycles. The van der Waals surface area contributed by atoms with Crippen LogP contribution in [0.15, 0.2) is 5.16 Å². The van der Waals surface area contributed by atoms with E-state index in [-0.39, 0.29) is 5.75 Å². The van der Waals surface area contributed by atoms with Crippen LogP contribution in [0.3, 0.4) is 0 Å². The molecule has 0 amide bonds. The summed E-state index contributed by atoms with van der Waals surface area (Å²) in [5, 5.41) is 17.8. The van der Waals surface area contributed by atoms with Gasteiger partial charge in [-0.15, -0.1) is 10.2 Å². The van der Waals surface area contributed by atoms with Crippen molar-refractivity contribution in [3.63, 3.8) is 0 Å². The number of ether oxygens (including phenoxy) is 1. The zero-order valence-electron chi connectivity index (χ0n) is 12.2. The molecule has 1 aromatic heterocycles. The SMILES string of the molecule is CCCc1nnc(SCC(=O)O)n1CCCCCOC. The van der Waals surface area contributed by atoms with Gasteiger partial charge in [-0.25, -0.2) is 0 Å². The van der Waals surface area contributed by atoms with Crippen LogP contribution >= 0.6 is 11.8 Å². The Hall–Kier alpha value is -1.08. The first-order valence-corrected chi connectivity index (χ1v) is 7.93. The van der Waals surface area contributed by atoms with Gasteiger partial charge in [0.05, 0.1) is 5.75 Å². The monoisotopic (exact) mass is 301 g/mol. The van der Waals surface area contributed by atoms with Gasteiger partial charge >= 0.3 is 5.97 Å². The maximum absolute atomic E-state index is 10.7. The van der Waals surface area contributed by atoms with Gasteiger partial charge in [-0.3, -0.25) is 4.79 Å². The molecule has 0 radical (unpaired) electrons. The fourth-order valence-electron chi connectivity index (χ4n) is 1.88. The van der Waals surface area contributed by atoms with E-state index >= 15 is 0 Å². The average Bonchev–Trinajstić information content (AvgIpc) is 2.79. The Morgan fingerprint density at radius 3 is 2.80 bits per heavy atom. The first-order valence-electron chi connectivity index (χ1n) is 6.94. The largest absolute Gasteiger partial charge is 0.481 e. The van der Waals surface area contributed by atoms with Crippen molar-refractivity contribution in [1.82, 2.24) is 14.8 Å². The van der Waals surface area contributed by atoms with Crippen molar-refractivity contribution in [3.8, 4) is 0 Å². The number of aryl methyl sites for hydroxylation is 1. The third-order valence-corrected chi connectivity index (χ3v) is 3.77. The molecule has 0 fully saturated rings. The molecule has 0 saturated heterocycles. The van der Waals surface area contributed by atoms with Crippen molar-refractivity contribution in [3.05, 3.63) is 5.82 Å². The number of aromatic nitrogens is 3. The number of carboxylic acid groups (broad SMARTS) is 1. The lowest BCUT2D eigenvalue weighted by molar-refractivity contribution is -0.133. The van der Waals surface area contributed by atoms with E-state index in [9.17, 15) is 4.79 Å². The van der Waals surface area contributed by atoms with Gasteiger partial charge in [-0.05, 0) is 25.7 Å². The van der Waals surface area contributed by atoms with E-state index in [1.807, 2.05) is 0 Å². The smallest absolute Gasteiger partial charge is 0.313 e. The highest BCUT2D eigenvalue weighted by Gasteiger charge is 2.13. The molecule has 0 bridgehead atoms. The topological polar surface area (TPSA) is 77.2 Å². The van der Waals surface area contributed by atoms with Crippen LogP contribution in [-0.4, -0.2) is 45.3 Å². The van der Waals surface area contributed by atoms with Crippen molar-refractivity contribution in [1.29, 1.82) is 0 Å². The van der Waals surface area contributed by atoms with E-state index in [2.05, 4.69) is 21.7 Å². The first-order chi connectivity index (χ1) is 9.69. The van der Waals surface area contributed by atoms with Crippen LogP contribution < -0.4 is 0 Å². The molecule has 7 heteroatoms. The lowest BCUT2D eigenvalue weighted by Gasteiger charge is -2.09. The molecule has 114 valence electrons. The Morgan fingerprint density at radius 1 is 1.35 bits per heavy atom. The van der Waals surface area contributed by atoms with Crippen LogP contribution in [0.4, 0.5) is 0 Å². The minimum atomic E-state index is -0.832. The number of hydrogen-bond acceptors (Lipinski definition) is 5.